The highest BCUT2D eigenvalue weighted by Crippen LogP contribution is 2.16. The summed E-state index contributed by atoms with van der Waals surface area (Å²) in [5.41, 5.74) is 2.20. The predicted molar refractivity (Wildman–Crippen MR) is 101 cm³/mol. The van der Waals surface area contributed by atoms with Gasteiger partial charge >= 0.3 is 0 Å². The summed E-state index contributed by atoms with van der Waals surface area (Å²) >= 11 is 5.83. The van der Waals surface area contributed by atoms with Crippen molar-refractivity contribution >= 4 is 35.2 Å². The first-order chi connectivity index (χ1) is 12.1. The lowest BCUT2D eigenvalue weighted by Gasteiger charge is -2.15. The van der Waals surface area contributed by atoms with E-state index in [1.807, 2.05) is 17.0 Å². The molecule has 0 radical (unpaired) electrons. The van der Waals surface area contributed by atoms with Crippen molar-refractivity contribution < 1.29 is 9.59 Å². The van der Waals surface area contributed by atoms with Gasteiger partial charge in [-0.2, -0.15) is 0 Å². The van der Waals surface area contributed by atoms with Gasteiger partial charge in [0, 0.05) is 35.4 Å². The topological polar surface area (TPSA) is 49.4 Å². The fraction of sp³-hybridized carbons (Fsp3) is 0.200. The molecule has 5 heteroatoms. The Kier molecular flexibility index (Phi) is 5.51. The standard InChI is InChI=1S/C20H19ClN2O2/c21-17-8-3-15(4-9-17)5-12-19(24)22-18-10-6-16(7-11-18)20(25)23-13-1-2-14-23/h3-12H,1-2,13-14H2,(H,22,24)/b12-5+. The Balaban J connectivity index is 1.58. The fourth-order valence-corrected chi connectivity index (χ4v) is 2.85. The maximum Gasteiger partial charge on any atom is 0.253 e. The number of carbonyl (C=O) groups is 2. The maximum absolute atomic E-state index is 12.3. The van der Waals surface area contributed by atoms with Crippen molar-refractivity contribution in [2.24, 2.45) is 0 Å². The Morgan fingerprint density at radius 2 is 1.60 bits per heavy atom. The third-order valence-electron chi connectivity index (χ3n) is 4.09. The molecule has 1 aliphatic rings. The Morgan fingerprint density at radius 3 is 2.24 bits per heavy atom. The number of hydrogen-bond acceptors (Lipinski definition) is 2. The Labute approximate surface area is 152 Å². The van der Waals surface area contributed by atoms with Crippen molar-refractivity contribution in [3.05, 3.63) is 70.8 Å². The zero-order valence-corrected chi connectivity index (χ0v) is 14.5. The highest BCUT2D eigenvalue weighted by Gasteiger charge is 2.19. The van der Waals surface area contributed by atoms with Crippen LogP contribution in [0.15, 0.2) is 54.6 Å². The zero-order chi connectivity index (χ0) is 17.6. The normalized spacial score (nSPS) is 14.0. The summed E-state index contributed by atoms with van der Waals surface area (Å²) in [6, 6.07) is 14.2. The zero-order valence-electron chi connectivity index (χ0n) is 13.7. The van der Waals surface area contributed by atoms with Crippen molar-refractivity contribution in [3.63, 3.8) is 0 Å². The van der Waals surface area contributed by atoms with E-state index in [4.69, 9.17) is 11.6 Å². The van der Waals surface area contributed by atoms with Gasteiger partial charge in [0.1, 0.15) is 0 Å². The SMILES string of the molecule is O=C(/C=C/c1ccc(Cl)cc1)Nc1ccc(C(=O)N2CCCC2)cc1. The lowest BCUT2D eigenvalue weighted by molar-refractivity contribution is -0.111. The molecule has 1 saturated heterocycles. The van der Waals surface area contributed by atoms with Crippen LogP contribution in [0.1, 0.15) is 28.8 Å². The molecule has 2 aromatic rings. The van der Waals surface area contributed by atoms with E-state index in [2.05, 4.69) is 5.32 Å². The minimum atomic E-state index is -0.228. The number of nitrogens with zero attached hydrogens (tertiary/aromatic N) is 1. The summed E-state index contributed by atoms with van der Waals surface area (Å²) in [6.07, 6.45) is 5.32. The molecule has 4 nitrogen and oxygen atoms in total. The molecule has 3 rings (SSSR count). The van der Waals surface area contributed by atoms with Crippen LogP contribution in [0.2, 0.25) is 5.02 Å². The van der Waals surface area contributed by atoms with Gasteiger partial charge < -0.3 is 10.2 Å². The number of benzene rings is 2. The third-order valence-corrected chi connectivity index (χ3v) is 4.34. The van der Waals surface area contributed by atoms with Gasteiger partial charge in [-0.1, -0.05) is 23.7 Å². The summed E-state index contributed by atoms with van der Waals surface area (Å²) in [5.74, 6) is -0.174. The molecule has 2 amide bonds. The Hall–Kier alpha value is -2.59. The Morgan fingerprint density at radius 1 is 0.960 bits per heavy atom. The third kappa shape index (κ3) is 4.70. The summed E-state index contributed by atoms with van der Waals surface area (Å²) in [4.78, 5) is 26.1. The van der Waals surface area contributed by atoms with Crippen LogP contribution in [0.4, 0.5) is 5.69 Å². The van der Waals surface area contributed by atoms with E-state index in [0.29, 0.717) is 16.3 Å². The summed E-state index contributed by atoms with van der Waals surface area (Å²) in [5, 5.41) is 3.44. The van der Waals surface area contributed by atoms with Gasteiger partial charge in [-0.3, -0.25) is 9.59 Å². The molecule has 1 heterocycles. The van der Waals surface area contributed by atoms with E-state index in [-0.39, 0.29) is 11.8 Å². The van der Waals surface area contributed by atoms with Gasteiger partial charge in [0.2, 0.25) is 5.91 Å². The van der Waals surface area contributed by atoms with Crippen molar-refractivity contribution in [1.29, 1.82) is 0 Å². The summed E-state index contributed by atoms with van der Waals surface area (Å²) in [6.45, 7) is 1.65. The number of carbonyl (C=O) groups excluding carboxylic acids is 2. The van der Waals surface area contributed by atoms with E-state index in [9.17, 15) is 9.59 Å². The molecule has 1 fully saturated rings. The van der Waals surface area contributed by atoms with Gasteiger partial charge in [0.05, 0.1) is 0 Å². The van der Waals surface area contributed by atoms with Crippen LogP contribution in [0.25, 0.3) is 6.08 Å². The molecular weight excluding hydrogens is 336 g/mol. The van der Waals surface area contributed by atoms with E-state index in [1.54, 1.807) is 42.5 Å². The highest BCUT2D eigenvalue weighted by molar-refractivity contribution is 6.30. The first kappa shape index (κ1) is 17.2. The summed E-state index contributed by atoms with van der Waals surface area (Å²) < 4.78 is 0. The molecule has 0 aromatic heterocycles. The first-order valence-corrected chi connectivity index (χ1v) is 8.63. The van der Waals surface area contributed by atoms with Gasteiger partial charge in [0.25, 0.3) is 5.91 Å². The molecule has 0 atom stereocenters. The van der Waals surface area contributed by atoms with Gasteiger partial charge in [-0.25, -0.2) is 0 Å². The minimum absolute atomic E-state index is 0.0537. The summed E-state index contributed by atoms with van der Waals surface area (Å²) in [7, 11) is 0. The van der Waals surface area contributed by atoms with Crippen LogP contribution in [0.3, 0.4) is 0 Å². The average Bonchev–Trinajstić information content (AvgIpc) is 3.16. The molecule has 128 valence electrons. The number of nitrogens with one attached hydrogen (secondary N) is 1. The maximum atomic E-state index is 12.3. The quantitative estimate of drug-likeness (QED) is 0.835. The number of likely N-dealkylation sites (tertiary alicyclic amines) is 1. The minimum Gasteiger partial charge on any atom is -0.339 e. The second-order valence-corrected chi connectivity index (χ2v) is 6.39. The largest absolute Gasteiger partial charge is 0.339 e. The number of anilines is 1. The number of amides is 2. The van der Waals surface area contributed by atoms with E-state index >= 15 is 0 Å². The van der Waals surface area contributed by atoms with Crippen LogP contribution in [0, 0.1) is 0 Å². The second kappa shape index (κ2) is 7.99. The lowest BCUT2D eigenvalue weighted by atomic mass is 10.2. The van der Waals surface area contributed by atoms with Gasteiger partial charge in [0.15, 0.2) is 0 Å². The lowest BCUT2D eigenvalue weighted by Crippen LogP contribution is -2.27. The van der Waals surface area contributed by atoms with Crippen LogP contribution < -0.4 is 5.32 Å². The van der Waals surface area contributed by atoms with Gasteiger partial charge in [-0.05, 0) is 60.9 Å². The molecule has 0 bridgehead atoms. The number of rotatable bonds is 4. The van der Waals surface area contributed by atoms with E-state index in [1.165, 1.54) is 6.08 Å². The molecule has 0 spiro atoms. The molecule has 0 saturated carbocycles. The van der Waals surface area contributed by atoms with Gasteiger partial charge in [-0.15, -0.1) is 0 Å². The highest BCUT2D eigenvalue weighted by atomic mass is 35.5. The van der Waals surface area contributed by atoms with E-state index in [0.717, 1.165) is 31.5 Å². The van der Waals surface area contributed by atoms with Crippen molar-refractivity contribution in [2.75, 3.05) is 18.4 Å². The molecule has 2 aromatic carbocycles. The molecule has 25 heavy (non-hydrogen) atoms. The molecule has 1 aliphatic heterocycles. The van der Waals surface area contributed by atoms with Crippen LogP contribution in [-0.2, 0) is 4.79 Å². The van der Waals surface area contributed by atoms with Crippen molar-refractivity contribution in [2.45, 2.75) is 12.8 Å². The fourth-order valence-electron chi connectivity index (χ4n) is 2.73. The van der Waals surface area contributed by atoms with E-state index < -0.39 is 0 Å². The Bertz CT molecular complexity index is 776. The predicted octanol–water partition coefficient (Wildman–Crippen LogP) is 4.23. The second-order valence-electron chi connectivity index (χ2n) is 5.95. The first-order valence-electron chi connectivity index (χ1n) is 8.26. The molecule has 0 unspecified atom stereocenters. The number of halogens is 1. The molecule has 0 aliphatic carbocycles. The number of hydrogen-bond donors (Lipinski definition) is 1. The molecule has 1 N–H and O–H groups in total. The van der Waals surface area contributed by atoms with Crippen molar-refractivity contribution in [1.82, 2.24) is 4.90 Å². The van der Waals surface area contributed by atoms with Crippen molar-refractivity contribution in [3.8, 4) is 0 Å². The van der Waals surface area contributed by atoms with Crippen LogP contribution in [0.5, 0.6) is 0 Å². The monoisotopic (exact) mass is 354 g/mol. The average molecular weight is 355 g/mol. The molecular formula is C20H19ClN2O2. The van der Waals surface area contributed by atoms with Crippen LogP contribution >= 0.6 is 11.6 Å². The smallest absolute Gasteiger partial charge is 0.253 e. The van der Waals surface area contributed by atoms with Crippen LogP contribution in [-0.4, -0.2) is 29.8 Å².